The summed E-state index contributed by atoms with van der Waals surface area (Å²) in [6.45, 7) is 6.50. The van der Waals surface area contributed by atoms with Crippen LogP contribution in [0, 0.1) is 0 Å². The van der Waals surface area contributed by atoms with Crippen LogP contribution in [0.4, 0.5) is 0 Å². The third kappa shape index (κ3) is 2.97. The maximum atomic E-state index is 12.7. The Morgan fingerprint density at radius 2 is 2.15 bits per heavy atom. The van der Waals surface area contributed by atoms with Crippen LogP contribution in [0.3, 0.4) is 0 Å². The van der Waals surface area contributed by atoms with Gasteiger partial charge in [0.25, 0.3) is 0 Å². The van der Waals surface area contributed by atoms with E-state index in [0.717, 1.165) is 24.2 Å². The van der Waals surface area contributed by atoms with Crippen LogP contribution in [0.15, 0.2) is 28.8 Å². The Balaban J connectivity index is 2.32. The Kier molecular flexibility index (Phi) is 4.67. The van der Waals surface area contributed by atoms with Gasteiger partial charge in [0.15, 0.2) is 0 Å². The van der Waals surface area contributed by atoms with Crippen LogP contribution in [0.2, 0.25) is 0 Å². The molecule has 1 aliphatic heterocycles. The van der Waals surface area contributed by atoms with Gasteiger partial charge >= 0.3 is 0 Å². The number of hydrogen-bond acceptors (Lipinski definition) is 3. The number of nitrogens with zero attached hydrogens (tertiary/aromatic N) is 2. The van der Waals surface area contributed by atoms with Crippen molar-refractivity contribution in [2.24, 2.45) is 0 Å². The summed E-state index contributed by atoms with van der Waals surface area (Å²) in [5, 5.41) is 3.07. The Hall–Kier alpha value is -1.11. The first kappa shape index (κ1) is 15.3. The first-order valence-corrected chi connectivity index (χ1v) is 8.42. The monoisotopic (exact) mass is 297 g/mol. The summed E-state index contributed by atoms with van der Waals surface area (Å²) in [6.07, 6.45) is 4.65. The first-order chi connectivity index (χ1) is 9.48. The molecule has 1 aromatic heterocycles. The molecular formula is C14H23N3O2S. The van der Waals surface area contributed by atoms with E-state index in [0.29, 0.717) is 24.5 Å². The van der Waals surface area contributed by atoms with Gasteiger partial charge in [-0.2, -0.15) is 4.31 Å². The molecule has 0 spiro atoms. The number of aryl methyl sites for hydroxylation is 1. The predicted octanol–water partition coefficient (Wildman–Crippen LogP) is 1.57. The minimum atomic E-state index is -3.38. The zero-order valence-corrected chi connectivity index (χ0v) is 13.2. The summed E-state index contributed by atoms with van der Waals surface area (Å²) in [7, 11) is -1.52. The zero-order valence-electron chi connectivity index (χ0n) is 12.4. The predicted molar refractivity (Wildman–Crippen MR) is 80.0 cm³/mol. The van der Waals surface area contributed by atoms with Crippen molar-refractivity contribution < 1.29 is 8.42 Å². The lowest BCUT2D eigenvalue weighted by Gasteiger charge is -2.24. The van der Waals surface area contributed by atoms with Crippen molar-refractivity contribution in [2.75, 3.05) is 20.1 Å². The maximum absolute atomic E-state index is 12.7. The molecule has 5 nitrogen and oxygen atoms in total. The molecule has 20 heavy (non-hydrogen) atoms. The van der Waals surface area contributed by atoms with Crippen LogP contribution in [-0.2, 0) is 23.1 Å². The molecule has 0 radical (unpaired) electrons. The molecular weight excluding hydrogens is 274 g/mol. The number of nitrogens with one attached hydrogen (secondary N) is 1. The van der Waals surface area contributed by atoms with Gasteiger partial charge < -0.3 is 9.88 Å². The second kappa shape index (κ2) is 6.11. The molecule has 0 aliphatic carbocycles. The van der Waals surface area contributed by atoms with E-state index in [9.17, 15) is 8.42 Å². The van der Waals surface area contributed by atoms with Gasteiger partial charge in [0.05, 0.1) is 0 Å². The molecule has 2 rings (SSSR count). The van der Waals surface area contributed by atoms with Crippen molar-refractivity contribution in [1.29, 1.82) is 0 Å². The molecule has 1 aliphatic rings. The standard InChI is InChI=1S/C14H23N3O2S/c1-4-16-11-14(8-13(16)9-15-3)20(18,19)17-7-5-6-12(2)10-17/h6,8,11,15H,4-5,7,9-10H2,1-3H3. The van der Waals surface area contributed by atoms with E-state index in [1.165, 1.54) is 0 Å². The highest BCUT2D eigenvalue weighted by Crippen LogP contribution is 2.22. The Morgan fingerprint density at radius 3 is 2.75 bits per heavy atom. The largest absolute Gasteiger partial charge is 0.349 e. The molecule has 0 aromatic carbocycles. The molecule has 0 fully saturated rings. The highest BCUT2D eigenvalue weighted by Gasteiger charge is 2.27. The van der Waals surface area contributed by atoms with Gasteiger partial charge in [-0.25, -0.2) is 8.42 Å². The topological polar surface area (TPSA) is 54.3 Å². The van der Waals surface area contributed by atoms with Crippen LogP contribution in [0.5, 0.6) is 0 Å². The van der Waals surface area contributed by atoms with Crippen LogP contribution >= 0.6 is 0 Å². The molecule has 1 aromatic rings. The number of hydrogen-bond donors (Lipinski definition) is 1. The number of sulfonamides is 1. The summed E-state index contributed by atoms with van der Waals surface area (Å²) < 4.78 is 28.9. The molecule has 0 unspecified atom stereocenters. The second-order valence-electron chi connectivity index (χ2n) is 5.16. The van der Waals surface area contributed by atoms with E-state index in [1.54, 1.807) is 16.6 Å². The van der Waals surface area contributed by atoms with Crippen molar-refractivity contribution in [1.82, 2.24) is 14.2 Å². The fraction of sp³-hybridized carbons (Fsp3) is 0.571. The average Bonchev–Trinajstić information content (AvgIpc) is 2.83. The van der Waals surface area contributed by atoms with Crippen molar-refractivity contribution in [3.8, 4) is 0 Å². The van der Waals surface area contributed by atoms with Gasteiger partial charge in [-0.15, -0.1) is 0 Å². The minimum Gasteiger partial charge on any atom is -0.349 e. The lowest BCUT2D eigenvalue weighted by molar-refractivity contribution is 0.428. The van der Waals surface area contributed by atoms with Gasteiger partial charge in [0.1, 0.15) is 4.90 Å². The fourth-order valence-corrected chi connectivity index (χ4v) is 4.08. The lowest BCUT2D eigenvalue weighted by atomic mass is 10.2. The summed E-state index contributed by atoms with van der Waals surface area (Å²) in [5.41, 5.74) is 2.11. The van der Waals surface area contributed by atoms with Crippen LogP contribution < -0.4 is 5.32 Å². The van der Waals surface area contributed by atoms with Crippen LogP contribution in [-0.4, -0.2) is 37.4 Å². The van der Waals surface area contributed by atoms with Gasteiger partial charge in [0, 0.05) is 38.1 Å². The Morgan fingerprint density at radius 1 is 1.40 bits per heavy atom. The van der Waals surface area contributed by atoms with Crippen LogP contribution in [0.1, 0.15) is 26.0 Å². The van der Waals surface area contributed by atoms with E-state index < -0.39 is 10.0 Å². The summed E-state index contributed by atoms with van der Waals surface area (Å²) >= 11 is 0. The van der Waals surface area contributed by atoms with E-state index >= 15 is 0 Å². The average molecular weight is 297 g/mol. The molecule has 1 N–H and O–H groups in total. The van der Waals surface area contributed by atoms with E-state index in [-0.39, 0.29) is 0 Å². The van der Waals surface area contributed by atoms with Crippen molar-refractivity contribution >= 4 is 10.0 Å². The molecule has 6 heteroatoms. The zero-order chi connectivity index (χ0) is 14.8. The molecule has 0 saturated heterocycles. The molecule has 0 bridgehead atoms. The van der Waals surface area contributed by atoms with E-state index in [1.807, 2.05) is 25.5 Å². The van der Waals surface area contributed by atoms with Crippen LogP contribution in [0.25, 0.3) is 0 Å². The van der Waals surface area contributed by atoms with Crippen molar-refractivity contribution in [3.05, 3.63) is 29.6 Å². The summed E-state index contributed by atoms with van der Waals surface area (Å²) in [4.78, 5) is 0.402. The lowest BCUT2D eigenvalue weighted by Crippen LogP contribution is -2.35. The van der Waals surface area contributed by atoms with Gasteiger partial charge in [-0.1, -0.05) is 11.6 Å². The molecule has 112 valence electrons. The van der Waals surface area contributed by atoms with E-state index in [2.05, 4.69) is 11.4 Å². The number of rotatable bonds is 5. The van der Waals surface area contributed by atoms with Crippen molar-refractivity contribution in [3.63, 3.8) is 0 Å². The molecule has 2 heterocycles. The van der Waals surface area contributed by atoms with Gasteiger partial charge in [-0.3, -0.25) is 0 Å². The molecule has 0 atom stereocenters. The van der Waals surface area contributed by atoms with E-state index in [4.69, 9.17) is 0 Å². The third-order valence-corrected chi connectivity index (χ3v) is 5.40. The minimum absolute atomic E-state index is 0.402. The van der Waals surface area contributed by atoms with Gasteiger partial charge in [-0.05, 0) is 33.4 Å². The molecule has 0 amide bonds. The highest BCUT2D eigenvalue weighted by atomic mass is 32.2. The first-order valence-electron chi connectivity index (χ1n) is 6.98. The summed E-state index contributed by atoms with van der Waals surface area (Å²) in [5.74, 6) is 0. The quantitative estimate of drug-likeness (QED) is 0.839. The Labute approximate surface area is 121 Å². The van der Waals surface area contributed by atoms with Crippen molar-refractivity contribution in [2.45, 2.75) is 38.3 Å². The third-order valence-electron chi connectivity index (χ3n) is 3.59. The molecule has 0 saturated carbocycles. The van der Waals surface area contributed by atoms with Gasteiger partial charge in [0.2, 0.25) is 10.0 Å². The SMILES string of the molecule is CCn1cc(S(=O)(=O)N2CCC=C(C)C2)cc1CNC. The highest BCUT2D eigenvalue weighted by molar-refractivity contribution is 7.89. The Bertz CT molecular complexity index is 602. The smallest absolute Gasteiger partial charge is 0.244 e. The normalized spacial score (nSPS) is 17.2. The summed E-state index contributed by atoms with van der Waals surface area (Å²) in [6, 6.07) is 1.78. The number of aromatic nitrogens is 1. The second-order valence-corrected chi connectivity index (χ2v) is 7.10. The maximum Gasteiger partial charge on any atom is 0.244 e. The fourth-order valence-electron chi connectivity index (χ4n) is 2.52.